The molecule has 15 heavy (non-hydrogen) atoms. The summed E-state index contributed by atoms with van der Waals surface area (Å²) in [5, 5.41) is 0. The monoisotopic (exact) mass is 222 g/mol. The third-order valence-corrected chi connectivity index (χ3v) is 2.97. The summed E-state index contributed by atoms with van der Waals surface area (Å²) in [6.07, 6.45) is 1.93. The van der Waals surface area contributed by atoms with E-state index in [4.69, 9.17) is 0 Å². The average Bonchev–Trinajstić information content (AvgIpc) is 2.84. The fraction of sp³-hybridized carbons (Fsp3) is 0.200. The lowest BCUT2D eigenvalue weighted by molar-refractivity contribution is 0.0596. The zero-order valence-corrected chi connectivity index (χ0v) is 9.25. The first-order chi connectivity index (χ1) is 7.24. The van der Waals surface area contributed by atoms with Gasteiger partial charge >= 0.3 is 5.97 Å². The number of carbonyl (C=O) groups is 1. The van der Waals surface area contributed by atoms with Crippen molar-refractivity contribution in [3.8, 4) is 10.6 Å². The highest BCUT2D eigenvalue weighted by molar-refractivity contribution is 7.13. The predicted octanol–water partition coefficient (Wildman–Crippen LogP) is 1.94. The molecular weight excluding hydrogens is 212 g/mol. The van der Waals surface area contributed by atoms with Crippen LogP contribution in [0.5, 0.6) is 0 Å². The van der Waals surface area contributed by atoms with E-state index < -0.39 is 5.97 Å². The fourth-order valence-electron chi connectivity index (χ4n) is 1.37. The minimum absolute atomic E-state index is 0.379. The number of hydrogen-bond acceptors (Lipinski definition) is 4. The quantitative estimate of drug-likeness (QED) is 0.729. The fourth-order valence-corrected chi connectivity index (χ4v) is 2.21. The number of nitrogens with zero attached hydrogens (tertiary/aromatic N) is 2. The van der Waals surface area contributed by atoms with Gasteiger partial charge in [-0.1, -0.05) is 0 Å². The van der Waals surface area contributed by atoms with Crippen LogP contribution in [-0.4, -0.2) is 22.6 Å². The van der Waals surface area contributed by atoms with Crippen molar-refractivity contribution in [1.82, 2.24) is 9.55 Å². The minimum atomic E-state index is -0.396. The molecule has 0 aliphatic rings. The van der Waals surface area contributed by atoms with Crippen molar-refractivity contribution < 1.29 is 9.53 Å². The van der Waals surface area contributed by atoms with Gasteiger partial charge in [-0.3, -0.25) is 0 Å². The maximum Gasteiger partial charge on any atom is 0.358 e. The van der Waals surface area contributed by atoms with Crippen LogP contribution in [0.1, 0.15) is 10.5 Å². The second-order valence-corrected chi connectivity index (χ2v) is 3.88. The normalized spacial score (nSPS) is 10.3. The molecule has 0 N–H and O–H groups in total. The van der Waals surface area contributed by atoms with Crippen molar-refractivity contribution in [3.63, 3.8) is 0 Å². The van der Waals surface area contributed by atoms with Gasteiger partial charge in [0.2, 0.25) is 0 Å². The van der Waals surface area contributed by atoms with Crippen molar-refractivity contribution in [2.75, 3.05) is 7.11 Å². The highest BCUT2D eigenvalue weighted by atomic mass is 32.1. The first-order valence-electron chi connectivity index (χ1n) is 4.37. The maximum atomic E-state index is 11.4. The molecule has 0 amide bonds. The summed E-state index contributed by atoms with van der Waals surface area (Å²) < 4.78 is 6.61. The van der Waals surface area contributed by atoms with Gasteiger partial charge in [-0.15, -0.1) is 11.3 Å². The zero-order valence-electron chi connectivity index (χ0n) is 8.43. The molecule has 2 heterocycles. The Bertz CT molecular complexity index is 487. The molecule has 5 heteroatoms. The van der Waals surface area contributed by atoms with E-state index in [1.54, 1.807) is 5.51 Å². The Kier molecular flexibility index (Phi) is 2.55. The predicted molar refractivity (Wildman–Crippen MR) is 57.9 cm³/mol. The van der Waals surface area contributed by atoms with Gasteiger partial charge in [0.15, 0.2) is 5.69 Å². The number of carbonyl (C=O) groups excluding carboxylic acids is 1. The lowest BCUT2D eigenvalue weighted by atomic mass is 10.3. The topological polar surface area (TPSA) is 44.1 Å². The summed E-state index contributed by atoms with van der Waals surface area (Å²) in [6.45, 7) is 0. The van der Waals surface area contributed by atoms with Crippen molar-refractivity contribution >= 4 is 17.3 Å². The lowest BCUT2D eigenvalue weighted by Crippen LogP contribution is -2.03. The number of rotatable bonds is 2. The van der Waals surface area contributed by atoms with E-state index in [1.165, 1.54) is 18.4 Å². The van der Waals surface area contributed by atoms with Gasteiger partial charge < -0.3 is 9.30 Å². The molecule has 0 unspecified atom stereocenters. The van der Waals surface area contributed by atoms with Crippen molar-refractivity contribution in [2.24, 2.45) is 7.05 Å². The molecular formula is C10H10N2O2S. The van der Waals surface area contributed by atoms with Crippen molar-refractivity contribution in [2.45, 2.75) is 0 Å². The zero-order chi connectivity index (χ0) is 10.8. The van der Waals surface area contributed by atoms with E-state index in [-0.39, 0.29) is 0 Å². The molecule has 2 rings (SSSR count). The molecule has 4 nitrogen and oxygen atoms in total. The van der Waals surface area contributed by atoms with E-state index in [0.717, 1.165) is 10.6 Å². The van der Waals surface area contributed by atoms with Crippen LogP contribution in [0.3, 0.4) is 0 Å². The molecule has 0 saturated heterocycles. The van der Waals surface area contributed by atoms with Gasteiger partial charge in [0.1, 0.15) is 0 Å². The van der Waals surface area contributed by atoms with Crippen LogP contribution in [0.4, 0.5) is 0 Å². The molecule has 0 aromatic carbocycles. The number of ether oxygens (including phenoxy) is 1. The van der Waals surface area contributed by atoms with Crippen LogP contribution in [-0.2, 0) is 11.8 Å². The molecule has 0 aliphatic carbocycles. The Balaban J connectivity index is 2.50. The van der Waals surface area contributed by atoms with Crippen LogP contribution in [0, 0.1) is 0 Å². The van der Waals surface area contributed by atoms with Crippen LogP contribution in [0.15, 0.2) is 23.8 Å². The highest BCUT2D eigenvalue weighted by Crippen LogP contribution is 2.27. The SMILES string of the molecule is COC(=O)c1ncsc1-c1cccn1C. The molecule has 2 aromatic rings. The first kappa shape index (κ1) is 9.92. The largest absolute Gasteiger partial charge is 0.464 e. The van der Waals surface area contributed by atoms with Crippen molar-refractivity contribution in [1.29, 1.82) is 0 Å². The van der Waals surface area contributed by atoms with Crippen LogP contribution in [0.2, 0.25) is 0 Å². The number of thiazole rings is 1. The molecule has 0 radical (unpaired) electrons. The van der Waals surface area contributed by atoms with E-state index in [1.807, 2.05) is 29.9 Å². The smallest absolute Gasteiger partial charge is 0.358 e. The summed E-state index contributed by atoms with van der Waals surface area (Å²) in [5.41, 5.74) is 3.00. The first-order valence-corrected chi connectivity index (χ1v) is 5.25. The second-order valence-electron chi connectivity index (χ2n) is 3.03. The van der Waals surface area contributed by atoms with Crippen LogP contribution in [0.25, 0.3) is 10.6 Å². The van der Waals surface area contributed by atoms with E-state index in [9.17, 15) is 4.79 Å². The summed E-state index contributed by atoms with van der Waals surface area (Å²) >= 11 is 1.43. The molecule has 0 atom stereocenters. The van der Waals surface area contributed by atoms with Gasteiger partial charge in [-0.25, -0.2) is 9.78 Å². The summed E-state index contributed by atoms with van der Waals surface area (Å²) in [5.74, 6) is -0.396. The summed E-state index contributed by atoms with van der Waals surface area (Å²) in [7, 11) is 3.28. The molecule has 2 aromatic heterocycles. The third kappa shape index (κ3) is 1.66. The average molecular weight is 222 g/mol. The summed E-state index contributed by atoms with van der Waals surface area (Å²) in [4.78, 5) is 16.3. The Morgan fingerprint density at radius 3 is 3.00 bits per heavy atom. The van der Waals surface area contributed by atoms with E-state index in [0.29, 0.717) is 5.69 Å². The van der Waals surface area contributed by atoms with Gasteiger partial charge in [0, 0.05) is 13.2 Å². The number of aryl methyl sites for hydroxylation is 1. The van der Waals surface area contributed by atoms with Crippen LogP contribution >= 0.6 is 11.3 Å². The molecule has 0 aliphatic heterocycles. The standard InChI is InChI=1S/C10H10N2O2S/c1-12-5-3-4-7(12)9-8(10(13)14-2)11-6-15-9/h3-6H,1-2H3. The van der Waals surface area contributed by atoms with E-state index >= 15 is 0 Å². The molecule has 0 spiro atoms. The van der Waals surface area contributed by atoms with Crippen LogP contribution < -0.4 is 0 Å². The highest BCUT2D eigenvalue weighted by Gasteiger charge is 2.17. The molecule has 0 fully saturated rings. The third-order valence-electron chi connectivity index (χ3n) is 2.12. The minimum Gasteiger partial charge on any atom is -0.464 e. The second kappa shape index (κ2) is 3.86. The number of methoxy groups -OCH3 is 1. The van der Waals surface area contributed by atoms with Gasteiger partial charge in [-0.2, -0.15) is 0 Å². The summed E-state index contributed by atoms with van der Waals surface area (Å²) in [6, 6.07) is 3.87. The van der Waals surface area contributed by atoms with Gasteiger partial charge in [-0.05, 0) is 12.1 Å². The molecule has 0 bridgehead atoms. The number of hydrogen-bond donors (Lipinski definition) is 0. The maximum absolute atomic E-state index is 11.4. The van der Waals surface area contributed by atoms with E-state index in [2.05, 4.69) is 9.72 Å². The Labute approximate surface area is 91.1 Å². The molecule has 0 saturated carbocycles. The molecule has 78 valence electrons. The van der Waals surface area contributed by atoms with Crippen molar-refractivity contribution in [3.05, 3.63) is 29.5 Å². The Morgan fingerprint density at radius 2 is 2.40 bits per heavy atom. The Hall–Kier alpha value is -1.62. The number of esters is 1. The van der Waals surface area contributed by atoms with Gasteiger partial charge in [0.25, 0.3) is 0 Å². The lowest BCUT2D eigenvalue weighted by Gasteiger charge is -2.02. The number of aromatic nitrogens is 2. The van der Waals surface area contributed by atoms with Gasteiger partial charge in [0.05, 0.1) is 23.2 Å². The Morgan fingerprint density at radius 1 is 1.60 bits per heavy atom.